The van der Waals surface area contributed by atoms with Gasteiger partial charge in [0.1, 0.15) is 11.4 Å². The third-order valence-corrected chi connectivity index (χ3v) is 5.81. The summed E-state index contributed by atoms with van der Waals surface area (Å²) in [5.74, 6) is 0.889. The predicted molar refractivity (Wildman–Crippen MR) is 103 cm³/mol. The summed E-state index contributed by atoms with van der Waals surface area (Å²) in [6.45, 7) is 10.7. The molecule has 0 radical (unpaired) electrons. The van der Waals surface area contributed by atoms with Crippen LogP contribution < -0.4 is 4.74 Å². The van der Waals surface area contributed by atoms with Crippen molar-refractivity contribution in [3.63, 3.8) is 0 Å². The van der Waals surface area contributed by atoms with Crippen molar-refractivity contribution in [2.75, 3.05) is 46.4 Å². The minimum atomic E-state index is 0.0947. The summed E-state index contributed by atoms with van der Waals surface area (Å²) in [4.78, 5) is 23.0. The van der Waals surface area contributed by atoms with Gasteiger partial charge in [-0.3, -0.25) is 14.6 Å². The molecule has 0 aliphatic carbocycles. The number of aromatic nitrogens is 1. The zero-order valence-electron chi connectivity index (χ0n) is 15.9. The number of hydrogen-bond donors (Lipinski definition) is 1. The molecule has 0 spiro atoms. The van der Waals surface area contributed by atoms with Crippen molar-refractivity contribution in [3.8, 4) is 5.75 Å². The summed E-state index contributed by atoms with van der Waals surface area (Å²) >= 11 is 0. The van der Waals surface area contributed by atoms with E-state index in [1.54, 1.807) is 7.11 Å². The van der Waals surface area contributed by atoms with Crippen LogP contribution in [0, 0.1) is 0 Å². The fourth-order valence-corrected chi connectivity index (χ4v) is 3.99. The lowest BCUT2D eigenvalue weighted by molar-refractivity contribution is 0.00293. The Morgan fingerprint density at radius 1 is 1.15 bits per heavy atom. The number of nitrogens with zero attached hydrogens (tertiary/aromatic N) is 3. The van der Waals surface area contributed by atoms with Crippen molar-refractivity contribution < 1.29 is 9.53 Å². The van der Waals surface area contributed by atoms with Gasteiger partial charge in [-0.15, -0.1) is 0 Å². The van der Waals surface area contributed by atoms with E-state index < -0.39 is 0 Å². The maximum Gasteiger partial charge on any atom is 0.270 e. The highest BCUT2D eigenvalue weighted by Gasteiger charge is 2.36. The first-order chi connectivity index (χ1) is 12.5. The van der Waals surface area contributed by atoms with Crippen molar-refractivity contribution in [3.05, 3.63) is 30.0 Å². The summed E-state index contributed by atoms with van der Waals surface area (Å²) in [7, 11) is 1.65. The lowest BCUT2D eigenvalue weighted by Crippen LogP contribution is -2.64. The number of carbonyl (C=O) groups is 1. The van der Waals surface area contributed by atoms with Crippen LogP contribution in [0.4, 0.5) is 0 Å². The average Bonchev–Trinajstić information content (AvgIpc) is 3.04. The molecule has 2 aromatic rings. The van der Waals surface area contributed by atoms with Gasteiger partial charge >= 0.3 is 0 Å². The highest BCUT2D eigenvalue weighted by atomic mass is 16.5. The smallest absolute Gasteiger partial charge is 0.270 e. The van der Waals surface area contributed by atoms with Crippen LogP contribution in [0.15, 0.2) is 24.3 Å². The second kappa shape index (κ2) is 6.93. The number of methoxy groups -OCH3 is 1. The van der Waals surface area contributed by atoms with E-state index in [1.807, 2.05) is 29.2 Å². The molecule has 2 saturated heterocycles. The first-order valence-corrected chi connectivity index (χ1v) is 9.49. The Morgan fingerprint density at radius 2 is 1.88 bits per heavy atom. The predicted octanol–water partition coefficient (Wildman–Crippen LogP) is 2.03. The number of piperazine rings is 1. The van der Waals surface area contributed by atoms with Gasteiger partial charge in [0.15, 0.2) is 0 Å². The molecular weight excluding hydrogens is 328 g/mol. The molecule has 140 valence electrons. The number of fused-ring (bicyclic) bond motifs is 1. The Kier molecular flexibility index (Phi) is 4.63. The fourth-order valence-electron chi connectivity index (χ4n) is 3.99. The second-order valence-corrected chi connectivity index (χ2v) is 7.67. The van der Waals surface area contributed by atoms with Crippen LogP contribution in [-0.4, -0.2) is 84.1 Å². The van der Waals surface area contributed by atoms with Crippen LogP contribution in [0.1, 0.15) is 24.3 Å². The summed E-state index contributed by atoms with van der Waals surface area (Å²) in [5.41, 5.74) is 1.60. The zero-order valence-corrected chi connectivity index (χ0v) is 15.9. The first kappa shape index (κ1) is 17.4. The molecule has 1 N–H and O–H groups in total. The number of carbonyl (C=O) groups excluding carboxylic acids is 1. The molecular formula is C20H28N4O2. The molecule has 6 nitrogen and oxygen atoms in total. The molecule has 2 aliphatic heterocycles. The standard InChI is InChI=1S/C20H28N4O2/c1-14(2)22-6-8-23(9-7-22)16-12-24(13-16)20(25)19-10-15-4-5-17(26-3)11-18(15)21-19/h4-5,10-11,14,16,21H,6-9,12-13H2,1-3H3. The SMILES string of the molecule is COc1ccc2cc(C(=O)N3CC(N4CCN(C(C)C)CC4)C3)[nH]c2c1. The van der Waals surface area contributed by atoms with Gasteiger partial charge in [0, 0.05) is 68.3 Å². The van der Waals surface area contributed by atoms with Crippen molar-refractivity contribution in [2.24, 2.45) is 0 Å². The fraction of sp³-hybridized carbons (Fsp3) is 0.550. The molecule has 0 bridgehead atoms. The molecule has 1 aromatic heterocycles. The van der Waals surface area contributed by atoms with Gasteiger partial charge in [-0.05, 0) is 32.0 Å². The van der Waals surface area contributed by atoms with E-state index in [0.717, 1.165) is 55.9 Å². The van der Waals surface area contributed by atoms with Crippen LogP contribution in [0.5, 0.6) is 5.75 Å². The van der Waals surface area contributed by atoms with Crippen molar-refractivity contribution in [1.29, 1.82) is 0 Å². The van der Waals surface area contributed by atoms with Gasteiger partial charge in [-0.25, -0.2) is 0 Å². The summed E-state index contributed by atoms with van der Waals surface area (Å²) in [6.07, 6.45) is 0. The van der Waals surface area contributed by atoms with E-state index in [2.05, 4.69) is 28.6 Å². The molecule has 1 aromatic carbocycles. The molecule has 2 aliphatic rings. The first-order valence-electron chi connectivity index (χ1n) is 9.49. The third kappa shape index (κ3) is 3.19. The van der Waals surface area contributed by atoms with Crippen LogP contribution in [0.2, 0.25) is 0 Å². The number of likely N-dealkylation sites (tertiary alicyclic amines) is 1. The largest absolute Gasteiger partial charge is 0.497 e. The van der Waals surface area contributed by atoms with Crippen LogP contribution in [-0.2, 0) is 0 Å². The lowest BCUT2D eigenvalue weighted by Gasteiger charge is -2.48. The Bertz CT molecular complexity index is 786. The Labute approximate surface area is 154 Å². The average molecular weight is 356 g/mol. The molecule has 2 fully saturated rings. The number of ether oxygens (including phenoxy) is 1. The summed E-state index contributed by atoms with van der Waals surface area (Å²) < 4.78 is 5.25. The molecule has 4 rings (SSSR count). The summed E-state index contributed by atoms with van der Waals surface area (Å²) in [6, 6.07) is 8.90. The number of amides is 1. The molecule has 0 unspecified atom stereocenters. The number of hydrogen-bond acceptors (Lipinski definition) is 4. The maximum atomic E-state index is 12.8. The van der Waals surface area contributed by atoms with Crippen molar-refractivity contribution in [1.82, 2.24) is 19.7 Å². The normalized spacial score (nSPS) is 19.9. The van der Waals surface area contributed by atoms with Gasteiger partial charge in [0.2, 0.25) is 0 Å². The number of nitrogens with one attached hydrogen (secondary N) is 1. The third-order valence-electron chi connectivity index (χ3n) is 5.81. The van der Waals surface area contributed by atoms with Gasteiger partial charge in [0.25, 0.3) is 5.91 Å². The van der Waals surface area contributed by atoms with Gasteiger partial charge in [-0.1, -0.05) is 0 Å². The molecule has 26 heavy (non-hydrogen) atoms. The summed E-state index contributed by atoms with van der Waals surface area (Å²) in [5, 5.41) is 1.04. The quantitative estimate of drug-likeness (QED) is 0.911. The van der Waals surface area contributed by atoms with E-state index in [4.69, 9.17) is 4.74 Å². The number of rotatable bonds is 4. The van der Waals surface area contributed by atoms with Crippen LogP contribution in [0.25, 0.3) is 10.9 Å². The maximum absolute atomic E-state index is 12.8. The molecule has 1 amide bonds. The monoisotopic (exact) mass is 356 g/mol. The van der Waals surface area contributed by atoms with E-state index in [0.29, 0.717) is 17.8 Å². The minimum Gasteiger partial charge on any atom is -0.497 e. The van der Waals surface area contributed by atoms with Crippen molar-refractivity contribution in [2.45, 2.75) is 25.9 Å². The van der Waals surface area contributed by atoms with E-state index in [1.165, 1.54) is 0 Å². The van der Waals surface area contributed by atoms with Gasteiger partial charge in [-0.2, -0.15) is 0 Å². The number of aromatic amines is 1. The van der Waals surface area contributed by atoms with Crippen LogP contribution >= 0.6 is 0 Å². The molecule has 3 heterocycles. The zero-order chi connectivity index (χ0) is 18.3. The minimum absolute atomic E-state index is 0.0947. The van der Waals surface area contributed by atoms with E-state index >= 15 is 0 Å². The molecule has 6 heteroatoms. The topological polar surface area (TPSA) is 51.8 Å². The number of benzene rings is 1. The molecule has 0 atom stereocenters. The van der Waals surface area contributed by atoms with E-state index in [-0.39, 0.29) is 5.91 Å². The second-order valence-electron chi connectivity index (χ2n) is 7.67. The Hall–Kier alpha value is -2.05. The van der Waals surface area contributed by atoms with Gasteiger partial charge < -0.3 is 14.6 Å². The highest BCUT2D eigenvalue weighted by Crippen LogP contribution is 2.24. The van der Waals surface area contributed by atoms with Gasteiger partial charge in [0.05, 0.1) is 7.11 Å². The lowest BCUT2D eigenvalue weighted by atomic mass is 10.0. The Balaban J connectivity index is 1.35. The Morgan fingerprint density at radius 3 is 2.54 bits per heavy atom. The number of H-pyrrole nitrogens is 1. The van der Waals surface area contributed by atoms with Crippen molar-refractivity contribution >= 4 is 16.8 Å². The van der Waals surface area contributed by atoms with Crippen LogP contribution in [0.3, 0.4) is 0 Å². The van der Waals surface area contributed by atoms with E-state index in [9.17, 15) is 4.79 Å². The molecule has 0 saturated carbocycles. The highest BCUT2D eigenvalue weighted by molar-refractivity contribution is 5.98.